The number of nitrogen functional groups attached to an aromatic ring is 1. The number of hydrogen-bond donors (Lipinski definition) is 4. The quantitative estimate of drug-likeness (QED) is 0.623. The highest BCUT2D eigenvalue weighted by atomic mass is 32.2. The zero-order valence-corrected chi connectivity index (χ0v) is 11.0. The van der Waals surface area contributed by atoms with Crippen LogP contribution < -0.4 is 11.1 Å². The summed E-state index contributed by atoms with van der Waals surface area (Å²) >= 11 is 1.60. The monoisotopic (exact) mass is 268 g/mol. The highest BCUT2D eigenvalue weighted by molar-refractivity contribution is 7.99. The topological polar surface area (TPSA) is 113 Å². The standard InChI is InChI=1S/C10H16N6OS/c1-5(6(3-17)18-2)14-9-7-8(13-4-12-7)15-10(11)16-9/h4-6,17H,3H2,1-2H3,(H4,11,12,13,14,15,16). The third-order valence-electron chi connectivity index (χ3n) is 2.71. The summed E-state index contributed by atoms with van der Waals surface area (Å²) in [7, 11) is 0. The van der Waals surface area contributed by atoms with Crippen molar-refractivity contribution in [1.29, 1.82) is 0 Å². The van der Waals surface area contributed by atoms with Crippen molar-refractivity contribution in [1.82, 2.24) is 19.9 Å². The van der Waals surface area contributed by atoms with Crippen LogP contribution in [0.2, 0.25) is 0 Å². The van der Waals surface area contributed by atoms with Crippen molar-refractivity contribution in [3.05, 3.63) is 6.33 Å². The van der Waals surface area contributed by atoms with Crippen molar-refractivity contribution in [2.75, 3.05) is 23.9 Å². The van der Waals surface area contributed by atoms with E-state index < -0.39 is 0 Å². The predicted molar refractivity (Wildman–Crippen MR) is 73.6 cm³/mol. The minimum absolute atomic E-state index is 0.0470. The molecule has 0 aromatic carbocycles. The van der Waals surface area contributed by atoms with Crippen LogP contribution in [0.3, 0.4) is 0 Å². The largest absolute Gasteiger partial charge is 0.395 e. The summed E-state index contributed by atoms with van der Waals surface area (Å²) in [5, 5.41) is 12.6. The van der Waals surface area contributed by atoms with Gasteiger partial charge in [0.2, 0.25) is 5.95 Å². The summed E-state index contributed by atoms with van der Waals surface area (Å²) in [6.45, 7) is 2.08. The van der Waals surface area contributed by atoms with E-state index in [1.165, 1.54) is 0 Å². The maximum Gasteiger partial charge on any atom is 0.224 e. The zero-order chi connectivity index (χ0) is 13.1. The fourth-order valence-electron chi connectivity index (χ4n) is 1.70. The van der Waals surface area contributed by atoms with Crippen LogP contribution in [-0.2, 0) is 0 Å². The van der Waals surface area contributed by atoms with Gasteiger partial charge in [0.15, 0.2) is 11.5 Å². The van der Waals surface area contributed by atoms with Crippen LogP contribution in [-0.4, -0.2) is 49.2 Å². The Balaban J connectivity index is 2.28. The van der Waals surface area contributed by atoms with Crippen molar-refractivity contribution in [3.8, 4) is 0 Å². The molecule has 0 aliphatic heterocycles. The number of rotatable bonds is 5. The van der Waals surface area contributed by atoms with Gasteiger partial charge in [-0.15, -0.1) is 0 Å². The first kappa shape index (κ1) is 12.9. The predicted octanol–water partition coefficient (Wildman–Crippen LogP) is 0.459. The van der Waals surface area contributed by atoms with E-state index in [0.29, 0.717) is 17.0 Å². The number of fused-ring (bicyclic) bond motifs is 1. The van der Waals surface area contributed by atoms with E-state index in [2.05, 4.69) is 25.3 Å². The molecule has 2 atom stereocenters. The molecule has 0 saturated heterocycles. The Labute approximate surface area is 109 Å². The number of aromatic amines is 1. The van der Waals surface area contributed by atoms with Gasteiger partial charge < -0.3 is 21.1 Å². The van der Waals surface area contributed by atoms with Crippen LogP contribution in [0, 0.1) is 0 Å². The van der Waals surface area contributed by atoms with Crippen molar-refractivity contribution >= 4 is 34.7 Å². The number of thioether (sulfide) groups is 1. The van der Waals surface area contributed by atoms with Gasteiger partial charge in [-0.05, 0) is 13.2 Å². The van der Waals surface area contributed by atoms with Gasteiger partial charge in [0.25, 0.3) is 0 Å². The van der Waals surface area contributed by atoms with Gasteiger partial charge in [-0.1, -0.05) is 0 Å². The molecule has 2 aromatic rings. The summed E-state index contributed by atoms with van der Waals surface area (Å²) in [5.74, 6) is 0.781. The second-order valence-electron chi connectivity index (χ2n) is 3.92. The van der Waals surface area contributed by atoms with Gasteiger partial charge in [-0.25, -0.2) is 4.98 Å². The molecule has 0 fully saturated rings. The Morgan fingerprint density at radius 3 is 3.00 bits per heavy atom. The van der Waals surface area contributed by atoms with Gasteiger partial charge in [0, 0.05) is 11.3 Å². The van der Waals surface area contributed by atoms with E-state index in [9.17, 15) is 5.11 Å². The molecule has 98 valence electrons. The molecule has 0 aliphatic rings. The van der Waals surface area contributed by atoms with E-state index in [0.717, 1.165) is 0 Å². The van der Waals surface area contributed by atoms with Crippen LogP contribution in [0.15, 0.2) is 6.33 Å². The Morgan fingerprint density at radius 1 is 1.56 bits per heavy atom. The number of anilines is 2. The van der Waals surface area contributed by atoms with E-state index in [4.69, 9.17) is 5.73 Å². The van der Waals surface area contributed by atoms with Gasteiger partial charge in [-0.2, -0.15) is 21.7 Å². The third-order valence-corrected chi connectivity index (χ3v) is 3.87. The Hall–Kier alpha value is -1.54. The fraction of sp³-hybridized carbons (Fsp3) is 0.500. The average Bonchev–Trinajstić information content (AvgIpc) is 2.78. The molecule has 7 nitrogen and oxygen atoms in total. The zero-order valence-electron chi connectivity index (χ0n) is 10.2. The van der Waals surface area contributed by atoms with Crippen LogP contribution in [0.1, 0.15) is 6.92 Å². The van der Waals surface area contributed by atoms with E-state index in [1.54, 1.807) is 18.1 Å². The van der Waals surface area contributed by atoms with Crippen LogP contribution >= 0.6 is 11.8 Å². The van der Waals surface area contributed by atoms with Gasteiger partial charge in [0.1, 0.15) is 5.52 Å². The Kier molecular flexibility index (Phi) is 3.87. The number of aromatic nitrogens is 4. The Morgan fingerprint density at radius 2 is 2.33 bits per heavy atom. The molecule has 0 spiro atoms. The summed E-state index contributed by atoms with van der Waals surface area (Å²) < 4.78 is 0. The van der Waals surface area contributed by atoms with Crippen LogP contribution in [0.5, 0.6) is 0 Å². The molecular formula is C10H16N6OS. The minimum Gasteiger partial charge on any atom is -0.395 e. The molecule has 5 N–H and O–H groups in total. The van der Waals surface area contributed by atoms with Gasteiger partial charge >= 0.3 is 0 Å². The third kappa shape index (κ3) is 2.49. The van der Waals surface area contributed by atoms with E-state index in [-0.39, 0.29) is 23.8 Å². The summed E-state index contributed by atoms with van der Waals surface area (Å²) in [6.07, 6.45) is 3.51. The van der Waals surface area contributed by atoms with E-state index in [1.807, 2.05) is 13.2 Å². The lowest BCUT2D eigenvalue weighted by molar-refractivity contribution is 0.288. The lowest BCUT2D eigenvalue weighted by Crippen LogP contribution is -2.31. The maximum atomic E-state index is 9.26. The van der Waals surface area contributed by atoms with E-state index >= 15 is 0 Å². The fourth-order valence-corrected chi connectivity index (χ4v) is 2.33. The number of hydrogen-bond acceptors (Lipinski definition) is 7. The van der Waals surface area contributed by atoms with Crippen molar-refractivity contribution in [3.63, 3.8) is 0 Å². The smallest absolute Gasteiger partial charge is 0.224 e. The number of aliphatic hydroxyl groups is 1. The first-order chi connectivity index (χ1) is 8.65. The molecule has 2 heterocycles. The summed E-state index contributed by atoms with van der Waals surface area (Å²) in [5.41, 5.74) is 6.88. The molecule has 0 saturated carbocycles. The Bertz CT molecular complexity index is 526. The number of imidazole rings is 1. The number of aliphatic hydroxyl groups excluding tert-OH is 1. The SMILES string of the molecule is CSC(CO)C(C)Nc1nc(N)nc2nc[nH]c12. The van der Waals surface area contributed by atoms with Crippen molar-refractivity contribution < 1.29 is 5.11 Å². The first-order valence-electron chi connectivity index (χ1n) is 5.52. The lowest BCUT2D eigenvalue weighted by Gasteiger charge is -2.21. The van der Waals surface area contributed by atoms with Crippen molar-refractivity contribution in [2.24, 2.45) is 0 Å². The molecule has 0 aliphatic carbocycles. The maximum absolute atomic E-state index is 9.26. The molecule has 8 heteroatoms. The second kappa shape index (κ2) is 5.40. The van der Waals surface area contributed by atoms with Crippen LogP contribution in [0.25, 0.3) is 11.2 Å². The number of nitrogens with zero attached hydrogens (tertiary/aromatic N) is 3. The molecule has 2 aromatic heterocycles. The molecule has 2 unspecified atom stereocenters. The molecular weight excluding hydrogens is 252 g/mol. The normalized spacial score (nSPS) is 14.6. The lowest BCUT2D eigenvalue weighted by atomic mass is 10.2. The highest BCUT2D eigenvalue weighted by Gasteiger charge is 2.17. The summed E-state index contributed by atoms with van der Waals surface area (Å²) in [4.78, 5) is 15.2. The molecule has 18 heavy (non-hydrogen) atoms. The molecule has 0 radical (unpaired) electrons. The molecule has 0 bridgehead atoms. The number of nitrogens with one attached hydrogen (secondary N) is 2. The van der Waals surface area contributed by atoms with Crippen LogP contribution in [0.4, 0.5) is 11.8 Å². The summed E-state index contributed by atoms with van der Waals surface area (Å²) in [6, 6.07) is 0.0470. The number of H-pyrrole nitrogens is 1. The average molecular weight is 268 g/mol. The second-order valence-corrected chi connectivity index (χ2v) is 5.00. The van der Waals surface area contributed by atoms with Gasteiger partial charge in [0.05, 0.1) is 12.9 Å². The van der Waals surface area contributed by atoms with Gasteiger partial charge in [-0.3, -0.25) is 0 Å². The minimum atomic E-state index is 0.0470. The number of nitrogens with two attached hydrogens (primary N) is 1. The molecule has 2 rings (SSSR count). The molecule has 0 amide bonds. The first-order valence-corrected chi connectivity index (χ1v) is 6.81. The highest BCUT2D eigenvalue weighted by Crippen LogP contribution is 2.20. The van der Waals surface area contributed by atoms with Crippen molar-refractivity contribution in [2.45, 2.75) is 18.2 Å².